The van der Waals surface area contributed by atoms with Gasteiger partial charge in [-0.1, -0.05) is 27.7 Å². The third-order valence-electron chi connectivity index (χ3n) is 5.17. The Bertz CT molecular complexity index is 1060. The summed E-state index contributed by atoms with van der Waals surface area (Å²) in [5.41, 5.74) is 10.7. The Morgan fingerprint density at radius 1 is 1.13 bits per heavy atom. The van der Waals surface area contributed by atoms with E-state index in [1.54, 1.807) is 0 Å². The van der Waals surface area contributed by atoms with Gasteiger partial charge in [0.25, 0.3) is 0 Å². The minimum absolute atomic E-state index is 0.0291. The molecule has 1 unspecified atom stereocenters. The van der Waals surface area contributed by atoms with Gasteiger partial charge >= 0.3 is 0 Å². The summed E-state index contributed by atoms with van der Waals surface area (Å²) in [6.45, 7) is 12.5. The van der Waals surface area contributed by atoms with Crippen LogP contribution in [0.3, 0.4) is 0 Å². The number of nitrogen functional groups attached to an aromatic ring is 1. The molecule has 1 atom stereocenters. The molecule has 0 fully saturated rings. The summed E-state index contributed by atoms with van der Waals surface area (Å²) in [5, 5.41) is 21.0. The fraction of sp³-hybridized carbons (Fsp3) is 0.500. The molecule has 3 aromatic rings. The first kappa shape index (κ1) is 21.8. The first-order chi connectivity index (χ1) is 14.2. The molecule has 8 nitrogen and oxygen atoms in total. The highest BCUT2D eigenvalue weighted by atomic mass is 16.3. The van der Waals surface area contributed by atoms with E-state index in [1.165, 1.54) is 0 Å². The average Bonchev–Trinajstić information content (AvgIpc) is 3.12. The van der Waals surface area contributed by atoms with Crippen LogP contribution in [0.5, 0.6) is 0 Å². The molecule has 0 amide bonds. The predicted octanol–water partition coefficient (Wildman–Crippen LogP) is 3.71. The van der Waals surface area contributed by atoms with E-state index in [4.69, 9.17) is 15.7 Å². The first-order valence-electron chi connectivity index (χ1n) is 10.5. The highest BCUT2D eigenvalue weighted by molar-refractivity contribution is 5.89. The number of anilines is 3. The van der Waals surface area contributed by atoms with Crippen LogP contribution in [0.2, 0.25) is 0 Å². The SMILES string of the molecule is CC(C)c1[nH]nc2c(Nc3ccc(N)cc3)nc(=NC(CO)C(C)C)n(C(C)C)c12. The summed E-state index contributed by atoms with van der Waals surface area (Å²) in [7, 11) is 0. The number of nitrogens with zero attached hydrogens (tertiary/aromatic N) is 4. The first-order valence-corrected chi connectivity index (χ1v) is 10.5. The fourth-order valence-corrected chi connectivity index (χ4v) is 3.39. The van der Waals surface area contributed by atoms with Crippen molar-refractivity contribution < 1.29 is 5.11 Å². The van der Waals surface area contributed by atoms with Crippen LogP contribution in [0.25, 0.3) is 11.0 Å². The smallest absolute Gasteiger partial charge is 0.228 e. The van der Waals surface area contributed by atoms with E-state index in [2.05, 4.69) is 47.8 Å². The number of nitrogens with one attached hydrogen (secondary N) is 2. The Hall–Kier alpha value is -2.87. The number of aliphatic hydroxyl groups excluding tert-OH is 1. The molecule has 30 heavy (non-hydrogen) atoms. The molecule has 0 spiro atoms. The lowest BCUT2D eigenvalue weighted by Crippen LogP contribution is -2.32. The lowest BCUT2D eigenvalue weighted by molar-refractivity contribution is 0.235. The van der Waals surface area contributed by atoms with Gasteiger partial charge in [0, 0.05) is 17.4 Å². The van der Waals surface area contributed by atoms with Crippen LogP contribution in [0.4, 0.5) is 17.2 Å². The van der Waals surface area contributed by atoms with Gasteiger partial charge in [-0.15, -0.1) is 0 Å². The molecule has 8 heteroatoms. The van der Waals surface area contributed by atoms with Gasteiger partial charge in [-0.3, -0.25) is 5.10 Å². The Morgan fingerprint density at radius 2 is 1.80 bits per heavy atom. The zero-order valence-electron chi connectivity index (χ0n) is 18.6. The van der Waals surface area contributed by atoms with Gasteiger partial charge in [-0.25, -0.2) is 4.99 Å². The average molecular weight is 412 g/mol. The molecule has 2 aromatic heterocycles. The molecular weight excluding hydrogens is 378 g/mol. The second-order valence-electron chi connectivity index (χ2n) is 8.58. The maximum Gasteiger partial charge on any atom is 0.228 e. The van der Waals surface area contributed by atoms with Crippen molar-refractivity contribution in [2.45, 2.75) is 59.5 Å². The molecule has 0 saturated carbocycles. The maximum atomic E-state index is 9.86. The topological polar surface area (TPSA) is 117 Å². The van der Waals surface area contributed by atoms with Crippen molar-refractivity contribution >= 4 is 28.2 Å². The molecule has 0 bridgehead atoms. The minimum Gasteiger partial charge on any atom is -0.399 e. The molecule has 3 rings (SSSR count). The molecule has 1 aromatic carbocycles. The van der Waals surface area contributed by atoms with E-state index in [-0.39, 0.29) is 30.5 Å². The molecule has 0 aliphatic carbocycles. The zero-order valence-corrected chi connectivity index (χ0v) is 18.6. The Labute approximate surface area is 177 Å². The summed E-state index contributed by atoms with van der Waals surface area (Å²) in [6.07, 6.45) is 0. The van der Waals surface area contributed by atoms with Gasteiger partial charge in [-0.05, 0) is 49.9 Å². The van der Waals surface area contributed by atoms with Gasteiger partial charge in [0.05, 0.1) is 23.9 Å². The Kier molecular flexibility index (Phi) is 6.45. The number of H-pyrrole nitrogens is 1. The molecule has 0 radical (unpaired) electrons. The number of aromatic nitrogens is 4. The number of rotatable bonds is 7. The van der Waals surface area contributed by atoms with Gasteiger partial charge < -0.3 is 20.7 Å². The van der Waals surface area contributed by atoms with Crippen LogP contribution >= 0.6 is 0 Å². The van der Waals surface area contributed by atoms with E-state index in [1.807, 2.05) is 38.1 Å². The summed E-state index contributed by atoms with van der Waals surface area (Å²) in [4.78, 5) is 9.69. The fourth-order valence-electron chi connectivity index (χ4n) is 3.39. The van der Waals surface area contributed by atoms with E-state index in [9.17, 15) is 5.11 Å². The van der Waals surface area contributed by atoms with Crippen molar-refractivity contribution in [2.24, 2.45) is 10.9 Å². The Balaban J connectivity index is 2.32. The number of nitrogens with two attached hydrogens (primary N) is 1. The van der Waals surface area contributed by atoms with Gasteiger partial charge in [0.2, 0.25) is 5.62 Å². The summed E-state index contributed by atoms with van der Waals surface area (Å²) in [5.74, 6) is 1.06. The van der Waals surface area contributed by atoms with Gasteiger partial charge in [0.15, 0.2) is 11.3 Å². The summed E-state index contributed by atoms with van der Waals surface area (Å²) in [6, 6.07) is 7.37. The number of fused-ring (bicyclic) bond motifs is 1. The summed E-state index contributed by atoms with van der Waals surface area (Å²) >= 11 is 0. The monoisotopic (exact) mass is 411 g/mol. The number of aromatic amines is 1. The van der Waals surface area contributed by atoms with Gasteiger partial charge in [-0.2, -0.15) is 10.1 Å². The van der Waals surface area contributed by atoms with E-state index >= 15 is 0 Å². The summed E-state index contributed by atoms with van der Waals surface area (Å²) < 4.78 is 2.10. The molecule has 0 saturated heterocycles. The van der Waals surface area contributed by atoms with Crippen molar-refractivity contribution in [1.82, 2.24) is 19.7 Å². The van der Waals surface area contributed by atoms with Crippen molar-refractivity contribution in [1.29, 1.82) is 0 Å². The molecular formula is C22H33N7O. The van der Waals surface area contributed by atoms with Crippen LogP contribution in [-0.2, 0) is 0 Å². The maximum absolute atomic E-state index is 9.86. The molecule has 0 aliphatic heterocycles. The number of hydrogen-bond acceptors (Lipinski definition) is 6. The molecule has 5 N–H and O–H groups in total. The molecule has 162 valence electrons. The van der Waals surface area contributed by atoms with E-state index in [0.29, 0.717) is 17.1 Å². The predicted molar refractivity (Wildman–Crippen MR) is 122 cm³/mol. The second-order valence-corrected chi connectivity index (χ2v) is 8.58. The van der Waals surface area contributed by atoms with Crippen molar-refractivity contribution in [3.63, 3.8) is 0 Å². The van der Waals surface area contributed by atoms with Crippen LogP contribution < -0.4 is 16.7 Å². The zero-order chi connectivity index (χ0) is 22.0. The number of aliphatic hydroxyl groups is 1. The standard InChI is InChI=1S/C22H33N7O/c1-12(2)17(11-30)25-22-26-21(24-16-9-7-15(23)8-10-16)19-20(29(22)14(5)6)18(13(3)4)27-28-19/h7-10,12-14,17,30H,11,23H2,1-6H3,(H,27,28)(H,24,25,26). The van der Waals surface area contributed by atoms with Crippen LogP contribution in [0.15, 0.2) is 29.3 Å². The Morgan fingerprint density at radius 3 is 2.33 bits per heavy atom. The molecule has 2 heterocycles. The van der Waals surface area contributed by atoms with Crippen LogP contribution in [-0.4, -0.2) is 37.5 Å². The van der Waals surface area contributed by atoms with Gasteiger partial charge in [0.1, 0.15) is 0 Å². The second kappa shape index (κ2) is 8.87. The van der Waals surface area contributed by atoms with Crippen molar-refractivity contribution in [3.05, 3.63) is 35.6 Å². The lowest BCUT2D eigenvalue weighted by atomic mass is 10.1. The molecule has 0 aliphatic rings. The lowest BCUT2D eigenvalue weighted by Gasteiger charge is -2.19. The largest absolute Gasteiger partial charge is 0.399 e. The highest BCUT2D eigenvalue weighted by Gasteiger charge is 2.21. The van der Waals surface area contributed by atoms with Crippen molar-refractivity contribution in [3.8, 4) is 0 Å². The third kappa shape index (κ3) is 4.33. The third-order valence-corrected chi connectivity index (χ3v) is 5.17. The highest BCUT2D eigenvalue weighted by Crippen LogP contribution is 2.29. The number of hydrogen-bond donors (Lipinski definition) is 4. The van der Waals surface area contributed by atoms with E-state index in [0.717, 1.165) is 22.4 Å². The normalized spacial score (nSPS) is 13.7. The number of benzene rings is 1. The van der Waals surface area contributed by atoms with Crippen LogP contribution in [0.1, 0.15) is 59.2 Å². The quantitative estimate of drug-likeness (QED) is 0.442. The van der Waals surface area contributed by atoms with E-state index < -0.39 is 0 Å². The minimum atomic E-state index is -0.237. The van der Waals surface area contributed by atoms with Crippen molar-refractivity contribution in [2.75, 3.05) is 17.7 Å². The van der Waals surface area contributed by atoms with Crippen LogP contribution in [0, 0.1) is 5.92 Å².